The van der Waals surface area contributed by atoms with Gasteiger partial charge in [-0.2, -0.15) is 0 Å². The fraction of sp³-hybridized carbons (Fsp3) is 0.250. The summed E-state index contributed by atoms with van der Waals surface area (Å²) in [5, 5.41) is 18.2. The summed E-state index contributed by atoms with van der Waals surface area (Å²) in [6.45, 7) is 1.60. The van der Waals surface area contributed by atoms with Crippen molar-refractivity contribution in [1.82, 2.24) is 0 Å². The Kier molecular flexibility index (Phi) is 2.01. The van der Waals surface area contributed by atoms with E-state index in [0.717, 1.165) is 0 Å². The molecular weight excluding hydrogens is 142 g/mol. The van der Waals surface area contributed by atoms with Gasteiger partial charge in [0.15, 0.2) is 0 Å². The number of benzene rings is 1. The minimum Gasteiger partial charge on any atom is -0.508 e. The third-order valence-corrected chi connectivity index (χ3v) is 1.52. The summed E-state index contributed by atoms with van der Waals surface area (Å²) in [7, 11) is 0. The number of nitrogen functional groups attached to an aromatic ring is 1. The van der Waals surface area contributed by atoms with Gasteiger partial charge < -0.3 is 15.9 Å². The monoisotopic (exact) mass is 153 g/mol. The van der Waals surface area contributed by atoms with E-state index < -0.39 is 6.10 Å². The molecule has 1 atom stereocenters. The van der Waals surface area contributed by atoms with Crippen molar-refractivity contribution >= 4 is 5.69 Å². The summed E-state index contributed by atoms with van der Waals surface area (Å²) < 4.78 is 0. The lowest BCUT2D eigenvalue weighted by atomic mass is 10.1. The molecular formula is C8H11NO2. The van der Waals surface area contributed by atoms with Crippen LogP contribution in [0.4, 0.5) is 5.69 Å². The van der Waals surface area contributed by atoms with Crippen LogP contribution in [-0.2, 0) is 0 Å². The zero-order valence-corrected chi connectivity index (χ0v) is 6.28. The van der Waals surface area contributed by atoms with Gasteiger partial charge in [-0.15, -0.1) is 0 Å². The Morgan fingerprint density at radius 3 is 2.55 bits per heavy atom. The number of hydrogen-bond acceptors (Lipinski definition) is 3. The SMILES string of the molecule is CC(O)c1cc(O)ccc1N. The van der Waals surface area contributed by atoms with Gasteiger partial charge in [0.05, 0.1) is 6.10 Å². The van der Waals surface area contributed by atoms with Gasteiger partial charge in [0.2, 0.25) is 0 Å². The lowest BCUT2D eigenvalue weighted by Gasteiger charge is -2.07. The first-order valence-electron chi connectivity index (χ1n) is 3.37. The minimum atomic E-state index is -0.637. The maximum atomic E-state index is 9.14. The molecule has 0 spiro atoms. The molecule has 0 aliphatic carbocycles. The molecule has 60 valence electrons. The lowest BCUT2D eigenvalue weighted by Crippen LogP contribution is -1.97. The number of aliphatic hydroxyl groups is 1. The van der Waals surface area contributed by atoms with Gasteiger partial charge >= 0.3 is 0 Å². The molecule has 1 rings (SSSR count). The van der Waals surface area contributed by atoms with E-state index in [2.05, 4.69) is 0 Å². The summed E-state index contributed by atoms with van der Waals surface area (Å²) in [6.07, 6.45) is -0.637. The highest BCUT2D eigenvalue weighted by molar-refractivity contribution is 5.50. The van der Waals surface area contributed by atoms with Crippen LogP contribution >= 0.6 is 0 Å². The second kappa shape index (κ2) is 2.80. The molecule has 1 unspecified atom stereocenters. The topological polar surface area (TPSA) is 66.5 Å². The summed E-state index contributed by atoms with van der Waals surface area (Å²) in [4.78, 5) is 0. The van der Waals surface area contributed by atoms with E-state index in [1.165, 1.54) is 12.1 Å². The van der Waals surface area contributed by atoms with Crippen LogP contribution in [0, 0.1) is 0 Å². The van der Waals surface area contributed by atoms with Crippen molar-refractivity contribution in [2.45, 2.75) is 13.0 Å². The van der Waals surface area contributed by atoms with Crippen LogP contribution in [0.5, 0.6) is 5.75 Å². The van der Waals surface area contributed by atoms with Gasteiger partial charge in [-0.05, 0) is 25.1 Å². The average molecular weight is 153 g/mol. The van der Waals surface area contributed by atoms with Crippen LogP contribution in [0.3, 0.4) is 0 Å². The van der Waals surface area contributed by atoms with Gasteiger partial charge in [-0.25, -0.2) is 0 Å². The molecule has 0 saturated heterocycles. The molecule has 3 heteroatoms. The van der Waals surface area contributed by atoms with Crippen molar-refractivity contribution < 1.29 is 10.2 Å². The second-order valence-electron chi connectivity index (χ2n) is 2.49. The van der Waals surface area contributed by atoms with E-state index in [0.29, 0.717) is 11.3 Å². The van der Waals surface area contributed by atoms with Gasteiger partial charge in [0.25, 0.3) is 0 Å². The molecule has 0 amide bonds. The predicted octanol–water partition coefficient (Wildman–Crippen LogP) is 1.03. The lowest BCUT2D eigenvalue weighted by molar-refractivity contribution is 0.199. The van der Waals surface area contributed by atoms with E-state index in [9.17, 15) is 0 Å². The van der Waals surface area contributed by atoms with Crippen molar-refractivity contribution in [3.05, 3.63) is 23.8 Å². The van der Waals surface area contributed by atoms with Gasteiger partial charge in [0.1, 0.15) is 5.75 Å². The van der Waals surface area contributed by atoms with Gasteiger partial charge in [-0.1, -0.05) is 0 Å². The number of hydrogen-bond donors (Lipinski definition) is 3. The van der Waals surface area contributed by atoms with Crippen LogP contribution in [0.1, 0.15) is 18.6 Å². The number of anilines is 1. The van der Waals surface area contributed by atoms with E-state index >= 15 is 0 Å². The van der Waals surface area contributed by atoms with Crippen molar-refractivity contribution in [1.29, 1.82) is 0 Å². The molecule has 0 fully saturated rings. The Morgan fingerprint density at radius 1 is 1.45 bits per heavy atom. The van der Waals surface area contributed by atoms with E-state index in [-0.39, 0.29) is 5.75 Å². The predicted molar refractivity (Wildman–Crippen MR) is 43.2 cm³/mol. The highest BCUT2D eigenvalue weighted by Gasteiger charge is 2.05. The number of phenolic OH excluding ortho intramolecular Hbond substituents is 1. The number of rotatable bonds is 1. The first-order valence-corrected chi connectivity index (χ1v) is 3.37. The van der Waals surface area contributed by atoms with Crippen molar-refractivity contribution in [2.75, 3.05) is 5.73 Å². The van der Waals surface area contributed by atoms with Gasteiger partial charge in [-0.3, -0.25) is 0 Å². The summed E-state index contributed by atoms with van der Waals surface area (Å²) >= 11 is 0. The third kappa shape index (κ3) is 1.62. The summed E-state index contributed by atoms with van der Waals surface area (Å²) in [5.41, 5.74) is 6.58. The van der Waals surface area contributed by atoms with Crippen LogP contribution < -0.4 is 5.73 Å². The van der Waals surface area contributed by atoms with Crippen LogP contribution in [-0.4, -0.2) is 10.2 Å². The molecule has 1 aromatic carbocycles. The molecule has 0 bridgehead atoms. The van der Waals surface area contributed by atoms with Crippen molar-refractivity contribution in [3.8, 4) is 5.75 Å². The highest BCUT2D eigenvalue weighted by atomic mass is 16.3. The molecule has 0 radical (unpaired) electrons. The molecule has 1 aromatic rings. The van der Waals surface area contributed by atoms with Gasteiger partial charge in [0, 0.05) is 11.3 Å². The Morgan fingerprint density at radius 2 is 2.09 bits per heavy atom. The highest BCUT2D eigenvalue weighted by Crippen LogP contribution is 2.23. The standard InChI is InChI=1S/C8H11NO2/c1-5(10)7-4-6(11)2-3-8(7)9/h2-5,10-11H,9H2,1H3. The maximum absolute atomic E-state index is 9.14. The Balaban J connectivity index is 3.13. The fourth-order valence-corrected chi connectivity index (χ4v) is 0.924. The Bertz CT molecular complexity index is 258. The van der Waals surface area contributed by atoms with Crippen molar-refractivity contribution in [2.24, 2.45) is 0 Å². The molecule has 3 nitrogen and oxygen atoms in total. The Hall–Kier alpha value is -1.22. The molecule has 0 saturated carbocycles. The maximum Gasteiger partial charge on any atom is 0.116 e. The zero-order chi connectivity index (χ0) is 8.43. The first-order chi connectivity index (χ1) is 5.11. The molecule has 0 aromatic heterocycles. The number of phenols is 1. The normalized spacial score (nSPS) is 12.9. The van der Waals surface area contributed by atoms with Crippen molar-refractivity contribution in [3.63, 3.8) is 0 Å². The summed E-state index contributed by atoms with van der Waals surface area (Å²) in [5.74, 6) is 0.120. The quantitative estimate of drug-likeness (QED) is 0.417. The third-order valence-electron chi connectivity index (χ3n) is 1.52. The van der Waals surface area contributed by atoms with E-state index in [4.69, 9.17) is 15.9 Å². The average Bonchev–Trinajstić information content (AvgIpc) is 1.94. The number of aromatic hydroxyl groups is 1. The summed E-state index contributed by atoms with van der Waals surface area (Å²) in [6, 6.07) is 4.51. The van der Waals surface area contributed by atoms with E-state index in [1.54, 1.807) is 13.0 Å². The zero-order valence-electron chi connectivity index (χ0n) is 6.28. The number of aliphatic hydroxyl groups excluding tert-OH is 1. The smallest absolute Gasteiger partial charge is 0.116 e. The van der Waals surface area contributed by atoms with E-state index in [1.807, 2.05) is 0 Å². The second-order valence-corrected chi connectivity index (χ2v) is 2.49. The molecule has 11 heavy (non-hydrogen) atoms. The molecule has 0 aliphatic rings. The molecule has 4 N–H and O–H groups in total. The fourth-order valence-electron chi connectivity index (χ4n) is 0.924. The van der Waals surface area contributed by atoms with Crippen LogP contribution in [0.2, 0.25) is 0 Å². The van der Waals surface area contributed by atoms with Crippen LogP contribution in [0.15, 0.2) is 18.2 Å². The molecule has 0 heterocycles. The van der Waals surface area contributed by atoms with Crippen LogP contribution in [0.25, 0.3) is 0 Å². The molecule has 0 aliphatic heterocycles. The Labute approximate surface area is 65.1 Å². The minimum absolute atomic E-state index is 0.120. The largest absolute Gasteiger partial charge is 0.508 e. The number of nitrogens with two attached hydrogens (primary N) is 1. The first kappa shape index (κ1) is 7.88.